The van der Waals surface area contributed by atoms with Crippen LogP contribution in [-0.2, 0) is 5.60 Å². The minimum absolute atomic E-state index is 0. The Labute approximate surface area is 138 Å². The number of halogens is 1. The van der Waals surface area contributed by atoms with Gasteiger partial charge in [-0.2, -0.15) is 22.7 Å². The molecular weight excluding hydrogens is 354 g/mol. The van der Waals surface area contributed by atoms with Gasteiger partial charge in [-0.15, -0.1) is 17.0 Å². The van der Waals surface area contributed by atoms with Crippen LogP contribution in [-0.4, -0.2) is 29.6 Å². The second-order valence-electron chi connectivity index (χ2n) is 5.18. The van der Waals surface area contributed by atoms with Gasteiger partial charge < -0.3 is 10.0 Å². The fourth-order valence-corrected chi connectivity index (χ4v) is 4.23. The minimum Gasteiger partial charge on any atom is -0.380 e. The fourth-order valence-electron chi connectivity index (χ4n) is 2.78. The molecule has 2 aromatic heterocycles. The topological polar surface area (TPSA) is 23.5 Å². The van der Waals surface area contributed by atoms with Crippen molar-refractivity contribution in [2.24, 2.45) is 0 Å². The molecule has 20 heavy (non-hydrogen) atoms. The molecule has 5 heteroatoms. The van der Waals surface area contributed by atoms with Crippen molar-refractivity contribution in [3.05, 3.63) is 44.8 Å². The molecule has 1 fully saturated rings. The van der Waals surface area contributed by atoms with E-state index in [1.54, 1.807) is 22.7 Å². The summed E-state index contributed by atoms with van der Waals surface area (Å²) in [6.07, 6.45) is 3.38. The Morgan fingerprint density at radius 2 is 1.60 bits per heavy atom. The summed E-state index contributed by atoms with van der Waals surface area (Å²) in [6.45, 7) is 3.34. The van der Waals surface area contributed by atoms with Gasteiger partial charge in [-0.1, -0.05) is 0 Å². The molecule has 0 radical (unpaired) electrons. The number of hydrogen-bond acceptors (Lipinski definition) is 4. The van der Waals surface area contributed by atoms with Crippen LogP contribution < -0.4 is 0 Å². The highest BCUT2D eigenvalue weighted by atomic mass is 79.9. The maximum absolute atomic E-state index is 11.2. The van der Waals surface area contributed by atoms with Gasteiger partial charge in [0.2, 0.25) is 0 Å². The summed E-state index contributed by atoms with van der Waals surface area (Å²) in [6, 6.07) is 4.10. The van der Waals surface area contributed by atoms with Gasteiger partial charge in [-0.05, 0) is 77.1 Å². The second-order valence-corrected chi connectivity index (χ2v) is 6.74. The smallest absolute Gasteiger partial charge is 0.117 e. The fraction of sp³-hybridized carbons (Fsp3) is 0.467. The van der Waals surface area contributed by atoms with Crippen LogP contribution in [0.3, 0.4) is 0 Å². The molecule has 1 aliphatic rings. The number of hydrogen-bond donors (Lipinski definition) is 1. The molecule has 0 amide bonds. The molecule has 0 atom stereocenters. The molecule has 110 valence electrons. The summed E-state index contributed by atoms with van der Waals surface area (Å²) in [5.41, 5.74) is 1.26. The predicted molar refractivity (Wildman–Crippen MR) is 92.2 cm³/mol. The largest absolute Gasteiger partial charge is 0.380 e. The Bertz CT molecular complexity index is 458. The van der Waals surface area contributed by atoms with Gasteiger partial charge in [-0.25, -0.2) is 0 Å². The average Bonchev–Trinajstić information content (AvgIpc) is 3.18. The van der Waals surface area contributed by atoms with Crippen molar-refractivity contribution in [1.29, 1.82) is 0 Å². The Kier molecular flexibility index (Phi) is 5.81. The summed E-state index contributed by atoms with van der Waals surface area (Å²) in [7, 11) is 0. The first-order valence-corrected chi connectivity index (χ1v) is 8.68. The summed E-state index contributed by atoms with van der Waals surface area (Å²) in [4.78, 5) is 2.46. The van der Waals surface area contributed by atoms with E-state index in [1.807, 2.05) is 22.9 Å². The van der Waals surface area contributed by atoms with Crippen molar-refractivity contribution in [3.8, 4) is 0 Å². The van der Waals surface area contributed by atoms with E-state index in [4.69, 9.17) is 0 Å². The Morgan fingerprint density at radius 3 is 2.05 bits per heavy atom. The van der Waals surface area contributed by atoms with Gasteiger partial charge in [-0.3, -0.25) is 0 Å². The molecule has 0 aliphatic carbocycles. The van der Waals surface area contributed by atoms with Gasteiger partial charge in [0.25, 0.3) is 0 Å². The van der Waals surface area contributed by atoms with Crippen molar-refractivity contribution >= 4 is 39.7 Å². The first kappa shape index (κ1) is 16.2. The lowest BCUT2D eigenvalue weighted by molar-refractivity contribution is 0.0611. The van der Waals surface area contributed by atoms with E-state index in [-0.39, 0.29) is 17.0 Å². The molecule has 0 spiro atoms. The van der Waals surface area contributed by atoms with E-state index >= 15 is 0 Å². The maximum Gasteiger partial charge on any atom is 0.117 e. The van der Waals surface area contributed by atoms with E-state index in [0.29, 0.717) is 0 Å². The van der Waals surface area contributed by atoms with Crippen molar-refractivity contribution in [3.63, 3.8) is 0 Å². The lowest BCUT2D eigenvalue weighted by Crippen LogP contribution is -2.32. The molecule has 2 nitrogen and oxygen atoms in total. The van der Waals surface area contributed by atoms with Gasteiger partial charge in [0.15, 0.2) is 0 Å². The van der Waals surface area contributed by atoms with Crippen LogP contribution in [0.4, 0.5) is 0 Å². The Hall–Kier alpha value is -0.200. The molecule has 0 saturated carbocycles. The highest BCUT2D eigenvalue weighted by molar-refractivity contribution is 8.93. The van der Waals surface area contributed by atoms with E-state index in [2.05, 4.69) is 15.7 Å². The van der Waals surface area contributed by atoms with Gasteiger partial charge in [0.1, 0.15) is 5.60 Å². The van der Waals surface area contributed by atoms with Crippen molar-refractivity contribution in [2.75, 3.05) is 19.6 Å². The molecule has 3 rings (SSSR count). The molecule has 3 heterocycles. The second kappa shape index (κ2) is 7.18. The molecule has 2 aromatic rings. The molecule has 1 saturated heterocycles. The molecule has 0 bridgehead atoms. The van der Waals surface area contributed by atoms with Crippen LogP contribution >= 0.6 is 39.7 Å². The first-order chi connectivity index (χ1) is 9.29. The quantitative estimate of drug-likeness (QED) is 0.852. The third kappa shape index (κ3) is 3.34. The average molecular weight is 374 g/mol. The summed E-state index contributed by atoms with van der Waals surface area (Å²) < 4.78 is 0. The molecule has 0 unspecified atom stereocenters. The third-order valence-electron chi connectivity index (χ3n) is 3.99. The van der Waals surface area contributed by atoms with E-state index < -0.39 is 5.60 Å². The van der Waals surface area contributed by atoms with Crippen LogP contribution in [0, 0.1) is 0 Å². The molecule has 0 aromatic carbocycles. The third-order valence-corrected chi connectivity index (χ3v) is 5.35. The predicted octanol–water partition coefficient (Wildman–Crippen LogP) is 4.11. The number of rotatable bonds is 5. The first-order valence-electron chi connectivity index (χ1n) is 6.79. The van der Waals surface area contributed by atoms with Crippen molar-refractivity contribution in [2.45, 2.75) is 24.9 Å². The Balaban J connectivity index is 0.00000147. The van der Waals surface area contributed by atoms with Gasteiger partial charge >= 0.3 is 0 Å². The highest BCUT2D eigenvalue weighted by Crippen LogP contribution is 2.35. The van der Waals surface area contributed by atoms with Crippen LogP contribution in [0.15, 0.2) is 33.7 Å². The number of nitrogens with zero attached hydrogens (tertiary/aromatic N) is 1. The SMILES string of the molecule is Br.OC(CCN1CCCC1)(c1ccsc1)c1ccsc1. The van der Waals surface area contributed by atoms with Crippen LogP contribution in [0.5, 0.6) is 0 Å². The number of thiophene rings is 2. The van der Waals surface area contributed by atoms with E-state index in [0.717, 1.165) is 24.1 Å². The van der Waals surface area contributed by atoms with Crippen LogP contribution in [0.25, 0.3) is 0 Å². The van der Waals surface area contributed by atoms with Crippen LogP contribution in [0.2, 0.25) is 0 Å². The lowest BCUT2D eigenvalue weighted by Gasteiger charge is -2.29. The zero-order chi connectivity index (χ0) is 13.1. The number of aliphatic hydroxyl groups is 1. The zero-order valence-electron chi connectivity index (χ0n) is 11.3. The van der Waals surface area contributed by atoms with Gasteiger partial charge in [0.05, 0.1) is 0 Å². The standard InChI is InChI=1S/C15H19NOS2.BrH/c17-15(13-3-9-18-11-13,14-4-10-19-12-14)5-8-16-6-1-2-7-16;/h3-4,9-12,17H,1-2,5-8H2;1H. The molecule has 1 aliphatic heterocycles. The summed E-state index contributed by atoms with van der Waals surface area (Å²) in [5, 5.41) is 19.4. The van der Waals surface area contributed by atoms with Crippen molar-refractivity contribution < 1.29 is 5.11 Å². The zero-order valence-corrected chi connectivity index (χ0v) is 14.7. The normalized spacial score (nSPS) is 16.2. The van der Waals surface area contributed by atoms with Crippen LogP contribution in [0.1, 0.15) is 30.4 Å². The van der Waals surface area contributed by atoms with Crippen molar-refractivity contribution in [1.82, 2.24) is 4.90 Å². The summed E-state index contributed by atoms with van der Waals surface area (Å²) >= 11 is 3.30. The summed E-state index contributed by atoms with van der Waals surface area (Å²) in [5.74, 6) is 0. The number of likely N-dealkylation sites (tertiary alicyclic amines) is 1. The molecular formula is C15H20BrNOS2. The van der Waals surface area contributed by atoms with E-state index in [9.17, 15) is 5.11 Å². The minimum atomic E-state index is -0.817. The lowest BCUT2D eigenvalue weighted by atomic mass is 9.87. The maximum atomic E-state index is 11.2. The van der Waals surface area contributed by atoms with E-state index in [1.165, 1.54) is 25.9 Å². The molecule has 1 N–H and O–H groups in total. The monoisotopic (exact) mass is 373 g/mol. The Morgan fingerprint density at radius 1 is 1.05 bits per heavy atom. The van der Waals surface area contributed by atoms with Gasteiger partial charge in [0, 0.05) is 6.54 Å². The highest BCUT2D eigenvalue weighted by Gasteiger charge is 2.33.